The molecule has 0 fully saturated rings. The third-order valence-corrected chi connectivity index (χ3v) is 9.04. The Bertz CT molecular complexity index is 1460. The van der Waals surface area contributed by atoms with Crippen molar-refractivity contribution < 1.29 is 16.8 Å². The van der Waals surface area contributed by atoms with Crippen LogP contribution in [0.5, 0.6) is 0 Å². The zero-order chi connectivity index (χ0) is 24.5. The van der Waals surface area contributed by atoms with E-state index in [4.69, 9.17) is 0 Å². The van der Waals surface area contributed by atoms with Gasteiger partial charge in [-0.25, -0.2) is 8.42 Å². The van der Waals surface area contributed by atoms with Gasteiger partial charge in [-0.3, -0.25) is 4.72 Å². The predicted octanol–water partition coefficient (Wildman–Crippen LogP) is 4.61. The summed E-state index contributed by atoms with van der Waals surface area (Å²) in [7, 11) is -7.38. The molecule has 3 aromatic carbocycles. The van der Waals surface area contributed by atoms with Crippen LogP contribution < -0.4 is 4.72 Å². The molecular weight excluding hydrogens is 470 g/mol. The minimum Gasteiger partial charge on any atom is -0.284 e. The number of hydrazone groups is 1. The van der Waals surface area contributed by atoms with Crippen LogP contribution in [0.3, 0.4) is 0 Å². The lowest BCUT2D eigenvalue weighted by Gasteiger charge is -2.25. The number of hydrogen-bond acceptors (Lipinski definition) is 5. The average Bonchev–Trinajstić information content (AvgIpc) is 3.26. The largest absolute Gasteiger partial charge is 0.284 e. The molecule has 1 heterocycles. The first-order valence-electron chi connectivity index (χ1n) is 11.0. The summed E-state index contributed by atoms with van der Waals surface area (Å²) in [5, 5.41) is 4.59. The molecule has 1 N–H and O–H groups in total. The van der Waals surface area contributed by atoms with Crippen molar-refractivity contribution in [3.63, 3.8) is 0 Å². The topological polar surface area (TPSA) is 95.9 Å². The number of nitrogens with one attached hydrogen (secondary N) is 1. The lowest BCUT2D eigenvalue weighted by atomic mass is 9.96. The summed E-state index contributed by atoms with van der Waals surface area (Å²) in [5.74, 6) is -0.0457. The molecule has 4 rings (SSSR count). The SMILES string of the molecule is CCS(=O)(=O)Nc1cccc(C2=NN(S(=O)(=O)c3ccccc3C)[C@@H](c3ccccc3C)C2)c1. The van der Waals surface area contributed by atoms with E-state index in [-0.39, 0.29) is 10.6 Å². The van der Waals surface area contributed by atoms with E-state index in [1.807, 2.05) is 31.2 Å². The van der Waals surface area contributed by atoms with Gasteiger partial charge in [0.05, 0.1) is 22.4 Å². The maximum atomic E-state index is 13.7. The quantitative estimate of drug-likeness (QED) is 0.516. The van der Waals surface area contributed by atoms with Crippen LogP contribution in [0.15, 0.2) is 82.8 Å². The zero-order valence-corrected chi connectivity index (χ0v) is 20.9. The third-order valence-electron chi connectivity index (χ3n) is 5.89. The molecule has 0 bridgehead atoms. The normalized spacial score (nSPS) is 16.4. The van der Waals surface area contributed by atoms with E-state index in [9.17, 15) is 16.8 Å². The van der Waals surface area contributed by atoms with E-state index in [2.05, 4.69) is 9.82 Å². The van der Waals surface area contributed by atoms with Gasteiger partial charge in [0.15, 0.2) is 0 Å². The van der Waals surface area contributed by atoms with Gasteiger partial charge in [-0.05, 0) is 61.2 Å². The van der Waals surface area contributed by atoms with E-state index in [1.165, 1.54) is 4.41 Å². The molecule has 1 atom stereocenters. The molecule has 0 amide bonds. The monoisotopic (exact) mass is 497 g/mol. The summed E-state index contributed by atoms with van der Waals surface area (Å²) >= 11 is 0. The van der Waals surface area contributed by atoms with Crippen molar-refractivity contribution in [2.24, 2.45) is 5.10 Å². The van der Waals surface area contributed by atoms with Crippen molar-refractivity contribution in [2.75, 3.05) is 10.5 Å². The summed E-state index contributed by atoms with van der Waals surface area (Å²) in [6.07, 6.45) is 0.361. The first-order valence-corrected chi connectivity index (χ1v) is 14.1. The Hall–Kier alpha value is -3.17. The molecule has 178 valence electrons. The van der Waals surface area contributed by atoms with E-state index in [0.29, 0.717) is 28.9 Å². The first-order chi connectivity index (χ1) is 16.1. The number of anilines is 1. The van der Waals surface area contributed by atoms with E-state index < -0.39 is 26.1 Å². The standard InChI is InChI=1S/C25H27N3O4S2/c1-4-33(29,30)27-21-13-9-12-20(16-21)23-17-24(22-14-7-5-10-18(22)2)28(26-23)34(31,32)25-15-8-6-11-19(25)3/h5-16,24,27H,4,17H2,1-3H3/t24-/m1/s1. The van der Waals surface area contributed by atoms with Crippen LogP contribution in [0.25, 0.3) is 0 Å². The van der Waals surface area contributed by atoms with E-state index >= 15 is 0 Å². The molecule has 0 aromatic heterocycles. The molecule has 0 saturated heterocycles. The first kappa shape index (κ1) is 24.0. The van der Waals surface area contributed by atoms with Crippen molar-refractivity contribution >= 4 is 31.4 Å². The average molecular weight is 498 g/mol. The molecule has 34 heavy (non-hydrogen) atoms. The number of nitrogens with zero attached hydrogens (tertiary/aromatic N) is 2. The fraction of sp³-hybridized carbons (Fsp3) is 0.240. The van der Waals surface area contributed by atoms with Crippen LogP contribution in [0, 0.1) is 13.8 Å². The minimum absolute atomic E-state index is 0.0457. The number of hydrogen-bond donors (Lipinski definition) is 1. The van der Waals surface area contributed by atoms with Gasteiger partial charge in [0.25, 0.3) is 10.0 Å². The van der Waals surface area contributed by atoms with Crippen molar-refractivity contribution in [1.82, 2.24) is 4.41 Å². The fourth-order valence-electron chi connectivity index (χ4n) is 4.04. The highest BCUT2D eigenvalue weighted by atomic mass is 32.2. The minimum atomic E-state index is -3.93. The molecule has 7 nitrogen and oxygen atoms in total. The smallest absolute Gasteiger partial charge is 0.279 e. The Balaban J connectivity index is 1.80. The number of sulfonamides is 2. The van der Waals surface area contributed by atoms with Crippen LogP contribution in [-0.4, -0.2) is 32.7 Å². The van der Waals surface area contributed by atoms with Crippen molar-refractivity contribution in [1.29, 1.82) is 0 Å². The van der Waals surface area contributed by atoms with E-state index in [0.717, 1.165) is 11.1 Å². The summed E-state index contributed by atoms with van der Waals surface area (Å²) < 4.78 is 55.3. The van der Waals surface area contributed by atoms with Crippen LogP contribution in [0.2, 0.25) is 0 Å². The second-order valence-corrected chi connectivity index (χ2v) is 12.0. The van der Waals surface area contributed by atoms with E-state index in [1.54, 1.807) is 62.4 Å². The Labute approximate surface area is 201 Å². The highest BCUT2D eigenvalue weighted by Gasteiger charge is 2.38. The van der Waals surface area contributed by atoms with Gasteiger partial charge in [-0.1, -0.05) is 54.6 Å². The molecule has 1 aliphatic heterocycles. The maximum Gasteiger partial charge on any atom is 0.279 e. The molecule has 0 spiro atoms. The summed E-state index contributed by atoms with van der Waals surface area (Å²) in [6.45, 7) is 5.28. The van der Waals surface area contributed by atoms with Gasteiger partial charge in [0.2, 0.25) is 10.0 Å². The lowest BCUT2D eigenvalue weighted by molar-refractivity contribution is 0.370. The Kier molecular flexibility index (Phi) is 6.51. The zero-order valence-electron chi connectivity index (χ0n) is 19.3. The highest BCUT2D eigenvalue weighted by Crippen LogP contribution is 2.39. The van der Waals surface area contributed by atoms with Gasteiger partial charge in [-0.2, -0.15) is 17.9 Å². The predicted molar refractivity (Wildman–Crippen MR) is 135 cm³/mol. The second kappa shape index (κ2) is 9.23. The van der Waals surface area contributed by atoms with Gasteiger partial charge >= 0.3 is 0 Å². The highest BCUT2D eigenvalue weighted by molar-refractivity contribution is 7.92. The van der Waals surface area contributed by atoms with Gasteiger partial charge in [0, 0.05) is 12.1 Å². The number of aryl methyl sites for hydroxylation is 2. The number of benzene rings is 3. The second-order valence-electron chi connectivity index (χ2n) is 8.25. The van der Waals surface area contributed by atoms with Crippen molar-refractivity contribution in [3.8, 4) is 0 Å². The molecule has 0 aliphatic carbocycles. The molecule has 1 aliphatic rings. The molecule has 3 aromatic rings. The van der Waals surface area contributed by atoms with Gasteiger partial charge < -0.3 is 0 Å². The Morgan fingerprint density at radius 2 is 1.59 bits per heavy atom. The molecule has 0 unspecified atom stereocenters. The summed E-state index contributed by atoms with van der Waals surface area (Å²) in [5.41, 5.74) is 4.14. The van der Waals surface area contributed by atoms with Crippen LogP contribution in [0.4, 0.5) is 5.69 Å². The Morgan fingerprint density at radius 1 is 0.912 bits per heavy atom. The van der Waals surface area contributed by atoms with Crippen LogP contribution in [0.1, 0.15) is 41.6 Å². The summed E-state index contributed by atoms with van der Waals surface area (Å²) in [4.78, 5) is 0.211. The fourth-order valence-corrected chi connectivity index (χ4v) is 6.32. The van der Waals surface area contributed by atoms with Gasteiger partial charge in [-0.15, -0.1) is 0 Å². The molecule has 0 radical (unpaired) electrons. The number of rotatable bonds is 7. The summed E-state index contributed by atoms with van der Waals surface area (Å²) in [6, 6.07) is 20.9. The van der Waals surface area contributed by atoms with Crippen LogP contribution in [-0.2, 0) is 20.0 Å². The molecule has 9 heteroatoms. The maximum absolute atomic E-state index is 13.7. The van der Waals surface area contributed by atoms with Crippen molar-refractivity contribution in [2.45, 2.75) is 38.1 Å². The van der Waals surface area contributed by atoms with Gasteiger partial charge in [0.1, 0.15) is 0 Å². The van der Waals surface area contributed by atoms with Crippen LogP contribution >= 0.6 is 0 Å². The third kappa shape index (κ3) is 4.71. The lowest BCUT2D eigenvalue weighted by Crippen LogP contribution is -2.28. The van der Waals surface area contributed by atoms with Crippen molar-refractivity contribution in [3.05, 3.63) is 95.1 Å². The molecule has 0 saturated carbocycles. The molecular formula is C25H27N3O4S2. The Morgan fingerprint density at radius 3 is 2.26 bits per heavy atom.